The number of hydrogen-bond acceptors (Lipinski definition) is 6. The molecule has 9 heteroatoms. The van der Waals surface area contributed by atoms with Crippen LogP contribution in [0.2, 0.25) is 0 Å². The van der Waals surface area contributed by atoms with Crippen LogP contribution in [0.25, 0.3) is 0 Å². The van der Waals surface area contributed by atoms with Crippen molar-refractivity contribution in [2.75, 3.05) is 13.1 Å². The largest absolute Gasteiger partial charge is 0.389 e. The first kappa shape index (κ1) is 12.9. The summed E-state index contributed by atoms with van der Waals surface area (Å²) < 4.78 is 34.0. The molecule has 1 fully saturated rings. The second-order valence-electron chi connectivity index (χ2n) is 4.34. The van der Waals surface area contributed by atoms with E-state index in [4.69, 9.17) is 0 Å². The molecule has 2 heterocycles. The lowest BCUT2D eigenvalue weighted by molar-refractivity contribution is 0.0572. The number of nitrogens with zero attached hydrogens (tertiary/aromatic N) is 3. The van der Waals surface area contributed by atoms with Gasteiger partial charge in [-0.3, -0.25) is 0 Å². The van der Waals surface area contributed by atoms with Gasteiger partial charge in [-0.1, -0.05) is 6.07 Å². The van der Waals surface area contributed by atoms with E-state index in [0.717, 1.165) is 15.7 Å². The monoisotopic (exact) mass is 301 g/mol. The Morgan fingerprint density at radius 3 is 2.58 bits per heavy atom. The summed E-state index contributed by atoms with van der Waals surface area (Å²) >= 11 is 0.945. The molecule has 3 rings (SSSR count). The fourth-order valence-electron chi connectivity index (χ4n) is 2.06. The van der Waals surface area contributed by atoms with E-state index < -0.39 is 22.2 Å². The number of β-amino-alcohol motifs (C(OH)–C–C–N with tert-alkyl or cyclic N) is 2. The quantitative estimate of drug-likeness (QED) is 0.823. The third kappa shape index (κ3) is 2.03. The van der Waals surface area contributed by atoms with Crippen molar-refractivity contribution in [3.05, 3.63) is 18.2 Å². The van der Waals surface area contributed by atoms with Crippen LogP contribution >= 0.6 is 0 Å². The first-order valence-electron chi connectivity index (χ1n) is 5.58. The third-order valence-corrected chi connectivity index (χ3v) is 5.50. The standard InChI is InChI=1S/C10H11N3O4S2/c14-7-4-13(5-8(7)15)19(16,17)9-3-1-2-6-10(9)12-18-11-6/h1-3,7-8,14-15H,4-5H2. The summed E-state index contributed by atoms with van der Waals surface area (Å²) in [5.41, 5.74) is 0.842. The average Bonchev–Trinajstić information content (AvgIpc) is 2.96. The van der Waals surface area contributed by atoms with Gasteiger partial charge < -0.3 is 10.2 Å². The van der Waals surface area contributed by atoms with Gasteiger partial charge >= 0.3 is 0 Å². The lowest BCUT2D eigenvalue weighted by Gasteiger charge is -2.16. The van der Waals surface area contributed by atoms with Crippen LogP contribution in [0.15, 0.2) is 31.8 Å². The summed E-state index contributed by atoms with van der Waals surface area (Å²) in [6.45, 7) is -0.227. The zero-order valence-corrected chi connectivity index (χ0v) is 11.3. The normalized spacial score (nSPS) is 26.4. The van der Waals surface area contributed by atoms with Gasteiger partial charge in [0, 0.05) is 13.1 Å². The van der Waals surface area contributed by atoms with E-state index in [1.807, 2.05) is 0 Å². The SMILES string of the molecule is O=S(=O)(c1cccc2c1N=S=N2)N1CC(O)C(O)C1. The molecule has 0 radical (unpaired) electrons. The molecule has 1 saturated heterocycles. The van der Waals surface area contributed by atoms with Gasteiger partial charge in [0.15, 0.2) is 0 Å². The Kier molecular flexibility index (Phi) is 3.02. The molecule has 0 saturated carbocycles. The maximum absolute atomic E-state index is 12.5. The summed E-state index contributed by atoms with van der Waals surface area (Å²) in [4.78, 5) is 0.0556. The number of benzene rings is 1. The van der Waals surface area contributed by atoms with Crippen molar-refractivity contribution in [1.29, 1.82) is 0 Å². The Balaban J connectivity index is 2.03. The van der Waals surface area contributed by atoms with Crippen LogP contribution in [0.4, 0.5) is 11.4 Å². The number of aliphatic hydroxyl groups excluding tert-OH is 2. The molecule has 2 aliphatic heterocycles. The fourth-order valence-corrected chi connectivity index (χ4v) is 4.29. The lowest BCUT2D eigenvalue weighted by Crippen LogP contribution is -2.30. The number of fused-ring (bicyclic) bond motifs is 1. The van der Waals surface area contributed by atoms with Crippen LogP contribution in [0.3, 0.4) is 0 Å². The van der Waals surface area contributed by atoms with E-state index in [0.29, 0.717) is 11.4 Å². The summed E-state index contributed by atoms with van der Waals surface area (Å²) in [7, 11) is -3.78. The molecule has 7 nitrogen and oxygen atoms in total. The van der Waals surface area contributed by atoms with E-state index >= 15 is 0 Å². The summed E-state index contributed by atoms with van der Waals surface area (Å²) in [6, 6.07) is 4.74. The fraction of sp³-hybridized carbons (Fsp3) is 0.400. The van der Waals surface area contributed by atoms with Gasteiger partial charge in [0.2, 0.25) is 10.0 Å². The van der Waals surface area contributed by atoms with Crippen LogP contribution < -0.4 is 0 Å². The highest BCUT2D eigenvalue weighted by Gasteiger charge is 2.39. The molecule has 0 spiro atoms. The predicted molar refractivity (Wildman–Crippen MR) is 68.8 cm³/mol. The zero-order valence-electron chi connectivity index (χ0n) is 9.67. The number of sulfonamides is 1. The van der Waals surface area contributed by atoms with Gasteiger partial charge in [-0.15, -0.1) is 0 Å². The molecule has 102 valence electrons. The molecule has 19 heavy (non-hydrogen) atoms. The van der Waals surface area contributed by atoms with Crippen LogP contribution in [0.5, 0.6) is 0 Å². The average molecular weight is 301 g/mol. The first-order valence-corrected chi connectivity index (χ1v) is 7.75. The van der Waals surface area contributed by atoms with Crippen molar-refractivity contribution in [3.8, 4) is 0 Å². The highest BCUT2D eigenvalue weighted by molar-refractivity contribution is 7.89. The van der Waals surface area contributed by atoms with Crippen molar-refractivity contribution in [2.24, 2.45) is 8.73 Å². The molecule has 2 atom stereocenters. The predicted octanol–water partition coefficient (Wildman–Crippen LogP) is 0.139. The maximum atomic E-state index is 12.5. The molecular weight excluding hydrogens is 290 g/mol. The van der Waals surface area contributed by atoms with E-state index in [-0.39, 0.29) is 18.0 Å². The molecule has 1 aromatic carbocycles. The summed E-state index contributed by atoms with van der Waals surface area (Å²) in [5.74, 6) is 0. The van der Waals surface area contributed by atoms with Gasteiger partial charge in [-0.05, 0) is 12.1 Å². The molecule has 0 amide bonds. The Morgan fingerprint density at radius 2 is 1.89 bits per heavy atom. The maximum Gasteiger partial charge on any atom is 0.245 e. The molecule has 1 aromatic rings. The molecular formula is C10H11N3O4S2. The first-order chi connectivity index (χ1) is 9.00. The van der Waals surface area contributed by atoms with Crippen molar-refractivity contribution in [3.63, 3.8) is 0 Å². The zero-order chi connectivity index (χ0) is 13.6. The minimum atomic E-state index is -3.78. The number of hydrogen-bond donors (Lipinski definition) is 2. The number of aliphatic hydroxyl groups is 2. The Bertz CT molecular complexity index is 687. The van der Waals surface area contributed by atoms with Crippen LogP contribution in [-0.2, 0) is 21.4 Å². The Morgan fingerprint density at radius 1 is 1.21 bits per heavy atom. The lowest BCUT2D eigenvalue weighted by atomic mass is 10.3. The molecule has 0 aromatic heterocycles. The Labute approximate surface area is 113 Å². The summed E-state index contributed by atoms with van der Waals surface area (Å²) in [5, 5.41) is 18.9. The van der Waals surface area contributed by atoms with E-state index in [9.17, 15) is 18.6 Å². The van der Waals surface area contributed by atoms with Gasteiger partial charge in [0.25, 0.3) is 0 Å². The van der Waals surface area contributed by atoms with Gasteiger partial charge in [-0.2, -0.15) is 13.0 Å². The highest BCUT2D eigenvalue weighted by Crippen LogP contribution is 2.39. The van der Waals surface area contributed by atoms with Crippen molar-refractivity contribution in [1.82, 2.24) is 4.31 Å². The van der Waals surface area contributed by atoms with E-state index in [1.165, 1.54) is 6.07 Å². The minimum Gasteiger partial charge on any atom is -0.389 e. The Hall–Kier alpha value is -1.13. The van der Waals surface area contributed by atoms with Gasteiger partial charge in [-0.25, -0.2) is 8.42 Å². The van der Waals surface area contributed by atoms with E-state index in [1.54, 1.807) is 12.1 Å². The smallest absolute Gasteiger partial charge is 0.245 e. The second-order valence-corrected chi connectivity index (χ2v) is 6.78. The molecule has 2 aliphatic rings. The van der Waals surface area contributed by atoms with Crippen LogP contribution in [0, 0.1) is 0 Å². The van der Waals surface area contributed by atoms with Crippen LogP contribution in [-0.4, -0.2) is 48.2 Å². The molecule has 2 N–H and O–H groups in total. The van der Waals surface area contributed by atoms with Crippen molar-refractivity contribution >= 4 is 32.8 Å². The topological polar surface area (TPSA) is 103 Å². The van der Waals surface area contributed by atoms with Crippen LogP contribution in [0.1, 0.15) is 0 Å². The third-order valence-electron chi connectivity index (χ3n) is 3.09. The van der Waals surface area contributed by atoms with E-state index in [2.05, 4.69) is 8.73 Å². The molecule has 0 bridgehead atoms. The van der Waals surface area contributed by atoms with Crippen molar-refractivity contribution < 1.29 is 18.6 Å². The minimum absolute atomic E-state index is 0.0556. The van der Waals surface area contributed by atoms with Gasteiger partial charge in [0.1, 0.15) is 16.3 Å². The van der Waals surface area contributed by atoms with Crippen molar-refractivity contribution in [2.45, 2.75) is 17.1 Å². The second kappa shape index (κ2) is 4.46. The van der Waals surface area contributed by atoms with Gasteiger partial charge in [0.05, 0.1) is 23.6 Å². The number of rotatable bonds is 2. The molecule has 0 aliphatic carbocycles. The highest BCUT2D eigenvalue weighted by atomic mass is 32.2. The molecule has 2 unspecified atom stereocenters. The summed E-state index contributed by atoms with van der Waals surface area (Å²) in [6.07, 6.45) is -2.11.